The first-order chi connectivity index (χ1) is 22.2. The van der Waals surface area contributed by atoms with Crippen LogP contribution in [0.5, 0.6) is 0 Å². The fraction of sp³-hybridized carbons (Fsp3) is 0.364. The molecule has 46 heavy (non-hydrogen) atoms. The highest BCUT2D eigenvalue weighted by molar-refractivity contribution is 5.96. The van der Waals surface area contributed by atoms with Crippen LogP contribution in [0.2, 0.25) is 0 Å². The fourth-order valence-corrected chi connectivity index (χ4v) is 5.90. The van der Waals surface area contributed by atoms with E-state index in [4.69, 9.17) is 4.42 Å². The Morgan fingerprint density at radius 3 is 2.13 bits per heavy atom. The van der Waals surface area contributed by atoms with E-state index in [-0.39, 0.29) is 24.3 Å². The minimum atomic E-state index is -4.87. The first kappa shape index (κ1) is 31.2. The van der Waals surface area contributed by atoms with E-state index >= 15 is 0 Å². The van der Waals surface area contributed by atoms with Crippen molar-refractivity contribution in [2.45, 2.75) is 37.8 Å². The van der Waals surface area contributed by atoms with Crippen molar-refractivity contribution in [3.63, 3.8) is 0 Å². The number of rotatable bonds is 8. The Balaban J connectivity index is 1.06. The third-order valence-electron chi connectivity index (χ3n) is 8.45. The normalized spacial score (nSPS) is 16.1. The average Bonchev–Trinajstić information content (AvgIpc) is 3.54. The van der Waals surface area contributed by atoms with Crippen molar-refractivity contribution in [1.29, 1.82) is 0 Å². The number of carbonyl (C=O) groups is 2. The number of oxazole rings is 1. The molecule has 0 aliphatic carbocycles. The number of benzene rings is 2. The molecule has 2 fully saturated rings. The molecule has 4 heterocycles. The topological polar surface area (TPSA) is 95.7 Å². The van der Waals surface area contributed by atoms with Crippen molar-refractivity contribution in [3.05, 3.63) is 101 Å². The first-order valence-electron chi connectivity index (χ1n) is 15.1. The zero-order valence-electron chi connectivity index (χ0n) is 24.9. The number of hydrogen-bond acceptors (Lipinski definition) is 8. The van der Waals surface area contributed by atoms with Gasteiger partial charge in [0.2, 0.25) is 23.4 Å². The third kappa shape index (κ3) is 7.03. The van der Waals surface area contributed by atoms with Gasteiger partial charge in [0.05, 0.1) is 6.42 Å². The van der Waals surface area contributed by atoms with Gasteiger partial charge in [-0.05, 0) is 41.5 Å². The summed E-state index contributed by atoms with van der Waals surface area (Å²) in [5, 5.41) is 0. The first-order valence-corrected chi connectivity index (χ1v) is 15.1. The lowest BCUT2D eigenvalue weighted by Crippen LogP contribution is -2.49. The van der Waals surface area contributed by atoms with Crippen molar-refractivity contribution in [1.82, 2.24) is 19.9 Å². The SMILES string of the molecule is O=C(Cc1cnc(N2CCN(C(=O)Cc3ccccc3F)CC2)nc1)c1oc(N2CCC(c3ccccc3)CC2)nc1C(F)(F)F. The predicted molar refractivity (Wildman–Crippen MR) is 161 cm³/mol. The number of carbonyl (C=O) groups excluding carboxylic acids is 2. The zero-order valence-corrected chi connectivity index (χ0v) is 24.9. The number of halogens is 4. The number of hydrogen-bond donors (Lipinski definition) is 0. The Bertz CT molecular complexity index is 1660. The molecule has 2 aromatic heterocycles. The molecule has 240 valence electrons. The van der Waals surface area contributed by atoms with Gasteiger partial charge < -0.3 is 19.1 Å². The minimum absolute atomic E-state index is 0.0264. The summed E-state index contributed by atoms with van der Waals surface area (Å²) in [6.07, 6.45) is -1.05. The van der Waals surface area contributed by atoms with E-state index in [1.807, 2.05) is 35.2 Å². The summed E-state index contributed by atoms with van der Waals surface area (Å²) in [5.41, 5.74) is 0.513. The number of piperazine rings is 1. The molecular weight excluding hydrogens is 604 g/mol. The summed E-state index contributed by atoms with van der Waals surface area (Å²) >= 11 is 0. The summed E-state index contributed by atoms with van der Waals surface area (Å²) in [6, 6.07) is 15.9. The Labute approximate surface area is 262 Å². The second kappa shape index (κ2) is 13.3. The molecule has 0 N–H and O–H groups in total. The standard InChI is InChI=1S/C33H32F4N6O3/c34-26-9-5-4-8-25(26)19-28(45)41-14-16-42(17-15-41)31-38-20-22(21-39-31)18-27(44)29-30(33(35,36)37)40-32(46-29)43-12-10-24(11-13-43)23-6-2-1-3-7-23/h1-9,20-21,24H,10-19H2. The summed E-state index contributed by atoms with van der Waals surface area (Å²) in [5.74, 6) is -1.63. The molecule has 2 aliphatic rings. The van der Waals surface area contributed by atoms with Gasteiger partial charge in [-0.15, -0.1) is 0 Å². The molecule has 2 aromatic carbocycles. The Morgan fingerprint density at radius 1 is 0.826 bits per heavy atom. The molecule has 0 spiro atoms. The minimum Gasteiger partial charge on any atom is -0.420 e. The van der Waals surface area contributed by atoms with Crippen molar-refractivity contribution in [3.8, 4) is 0 Å². The number of piperidine rings is 1. The Hall–Kier alpha value is -4.81. The highest BCUT2D eigenvalue weighted by atomic mass is 19.4. The van der Waals surface area contributed by atoms with Crippen LogP contribution < -0.4 is 9.80 Å². The molecule has 2 saturated heterocycles. The van der Waals surface area contributed by atoms with Crippen LogP contribution in [0.4, 0.5) is 29.5 Å². The fourth-order valence-electron chi connectivity index (χ4n) is 5.90. The van der Waals surface area contributed by atoms with Crippen LogP contribution in [0.25, 0.3) is 0 Å². The predicted octanol–water partition coefficient (Wildman–Crippen LogP) is 5.32. The number of aromatic nitrogens is 3. The van der Waals surface area contributed by atoms with Gasteiger partial charge in [0.15, 0.2) is 5.69 Å². The monoisotopic (exact) mass is 636 g/mol. The lowest BCUT2D eigenvalue weighted by Gasteiger charge is -2.34. The van der Waals surface area contributed by atoms with Crippen LogP contribution in [0.3, 0.4) is 0 Å². The van der Waals surface area contributed by atoms with Crippen molar-refractivity contribution >= 4 is 23.7 Å². The number of nitrogens with zero attached hydrogens (tertiary/aromatic N) is 6. The lowest BCUT2D eigenvalue weighted by atomic mass is 9.90. The van der Waals surface area contributed by atoms with E-state index in [0.717, 1.165) is 12.8 Å². The molecule has 6 rings (SSSR count). The molecular formula is C33H32F4N6O3. The molecule has 0 bridgehead atoms. The van der Waals surface area contributed by atoms with E-state index < -0.39 is 35.7 Å². The molecule has 1 amide bonds. The second-order valence-electron chi connectivity index (χ2n) is 11.5. The van der Waals surface area contributed by atoms with E-state index in [1.165, 1.54) is 24.0 Å². The maximum Gasteiger partial charge on any atom is 0.437 e. The largest absolute Gasteiger partial charge is 0.437 e. The van der Waals surface area contributed by atoms with Crippen molar-refractivity contribution in [2.75, 3.05) is 49.1 Å². The number of anilines is 2. The third-order valence-corrected chi connectivity index (χ3v) is 8.45. The summed E-state index contributed by atoms with van der Waals surface area (Å²) in [6.45, 7) is 2.59. The van der Waals surface area contributed by atoms with Gasteiger partial charge in [-0.2, -0.15) is 18.2 Å². The lowest BCUT2D eigenvalue weighted by molar-refractivity contribution is -0.141. The van der Waals surface area contributed by atoms with Gasteiger partial charge in [0, 0.05) is 58.1 Å². The summed E-state index contributed by atoms with van der Waals surface area (Å²) in [7, 11) is 0. The molecule has 4 aromatic rings. The average molecular weight is 637 g/mol. The smallest absolute Gasteiger partial charge is 0.420 e. The summed E-state index contributed by atoms with van der Waals surface area (Å²) in [4.78, 5) is 43.3. The highest BCUT2D eigenvalue weighted by Gasteiger charge is 2.42. The molecule has 0 radical (unpaired) electrons. The maximum atomic E-state index is 13.9. The molecule has 2 aliphatic heterocycles. The van der Waals surface area contributed by atoms with Crippen molar-refractivity contribution < 1.29 is 31.6 Å². The highest BCUT2D eigenvalue weighted by Crippen LogP contribution is 2.36. The van der Waals surface area contributed by atoms with Crippen molar-refractivity contribution in [2.24, 2.45) is 0 Å². The van der Waals surface area contributed by atoms with E-state index in [9.17, 15) is 27.2 Å². The zero-order chi connectivity index (χ0) is 32.3. The Morgan fingerprint density at radius 2 is 1.48 bits per heavy atom. The van der Waals surface area contributed by atoms with E-state index in [2.05, 4.69) is 15.0 Å². The molecule has 0 saturated carbocycles. The van der Waals surface area contributed by atoms with Crippen LogP contribution in [-0.2, 0) is 23.8 Å². The molecule has 9 nitrogen and oxygen atoms in total. The van der Waals surface area contributed by atoms with Crippen LogP contribution in [0.15, 0.2) is 71.4 Å². The van der Waals surface area contributed by atoms with Gasteiger partial charge in [-0.3, -0.25) is 9.59 Å². The maximum absolute atomic E-state index is 13.9. The van der Waals surface area contributed by atoms with Crippen LogP contribution in [0.1, 0.15) is 51.7 Å². The van der Waals surface area contributed by atoms with Gasteiger partial charge in [0.1, 0.15) is 5.82 Å². The summed E-state index contributed by atoms with van der Waals surface area (Å²) < 4.78 is 61.2. The van der Waals surface area contributed by atoms with Gasteiger partial charge in [0.25, 0.3) is 6.01 Å². The van der Waals surface area contributed by atoms with Gasteiger partial charge in [-0.25, -0.2) is 14.4 Å². The second-order valence-corrected chi connectivity index (χ2v) is 11.5. The van der Waals surface area contributed by atoms with Crippen LogP contribution in [0, 0.1) is 5.82 Å². The number of amides is 1. The van der Waals surface area contributed by atoms with E-state index in [1.54, 1.807) is 28.0 Å². The molecule has 0 unspecified atom stereocenters. The van der Waals surface area contributed by atoms with Gasteiger partial charge >= 0.3 is 6.18 Å². The quantitative estimate of drug-likeness (QED) is 0.190. The number of alkyl halides is 3. The number of ketones is 1. The Kier molecular flexibility index (Phi) is 9.00. The van der Waals surface area contributed by atoms with Crippen LogP contribution >= 0.6 is 0 Å². The van der Waals surface area contributed by atoms with E-state index in [0.29, 0.717) is 56.3 Å². The van der Waals surface area contributed by atoms with Gasteiger partial charge in [-0.1, -0.05) is 48.5 Å². The van der Waals surface area contributed by atoms with Crippen LogP contribution in [-0.4, -0.2) is 70.8 Å². The molecule has 13 heteroatoms. The number of Topliss-reactive ketones (excluding diaryl/α,β-unsaturated/α-hetero) is 1. The molecule has 0 atom stereocenters.